The number of carboxylic acids is 1. The van der Waals surface area contributed by atoms with Crippen LogP contribution in [0.5, 0.6) is 0 Å². The number of hydrogen-bond acceptors (Lipinski definition) is 2. The van der Waals surface area contributed by atoms with Gasteiger partial charge in [-0.2, -0.15) is 0 Å². The van der Waals surface area contributed by atoms with E-state index in [4.69, 9.17) is 5.11 Å². The SMILES string of the molecule is CC1(C)CCCN1c1ccccc1C=CC(=O)O. The molecule has 0 saturated carbocycles. The van der Waals surface area contributed by atoms with Crippen molar-refractivity contribution in [2.24, 2.45) is 0 Å². The Bertz CT molecular complexity index is 477. The third-order valence-corrected chi connectivity index (χ3v) is 3.53. The fraction of sp³-hybridized carbons (Fsp3) is 0.400. The van der Waals surface area contributed by atoms with E-state index in [2.05, 4.69) is 24.8 Å². The van der Waals surface area contributed by atoms with E-state index in [1.807, 2.05) is 18.2 Å². The minimum Gasteiger partial charge on any atom is -0.478 e. The highest BCUT2D eigenvalue weighted by atomic mass is 16.4. The van der Waals surface area contributed by atoms with E-state index in [1.54, 1.807) is 6.08 Å². The van der Waals surface area contributed by atoms with E-state index in [9.17, 15) is 4.79 Å². The summed E-state index contributed by atoms with van der Waals surface area (Å²) in [4.78, 5) is 13.0. The maximum absolute atomic E-state index is 10.6. The molecule has 2 rings (SSSR count). The van der Waals surface area contributed by atoms with Crippen LogP contribution in [0, 0.1) is 0 Å². The van der Waals surface area contributed by atoms with Gasteiger partial charge in [0.15, 0.2) is 0 Å². The van der Waals surface area contributed by atoms with Crippen LogP contribution in [-0.2, 0) is 4.79 Å². The molecule has 0 radical (unpaired) electrons. The van der Waals surface area contributed by atoms with Crippen LogP contribution >= 0.6 is 0 Å². The Morgan fingerprint density at radius 1 is 1.39 bits per heavy atom. The van der Waals surface area contributed by atoms with Crippen molar-refractivity contribution >= 4 is 17.7 Å². The van der Waals surface area contributed by atoms with Crippen LogP contribution in [0.4, 0.5) is 5.69 Å². The number of anilines is 1. The van der Waals surface area contributed by atoms with Crippen molar-refractivity contribution in [2.45, 2.75) is 32.2 Å². The van der Waals surface area contributed by atoms with Crippen LogP contribution in [-0.4, -0.2) is 23.2 Å². The zero-order valence-electron chi connectivity index (χ0n) is 10.9. The van der Waals surface area contributed by atoms with Crippen molar-refractivity contribution in [2.75, 3.05) is 11.4 Å². The van der Waals surface area contributed by atoms with Gasteiger partial charge in [0.1, 0.15) is 0 Å². The van der Waals surface area contributed by atoms with Crippen molar-refractivity contribution in [1.82, 2.24) is 0 Å². The van der Waals surface area contributed by atoms with Gasteiger partial charge in [0, 0.05) is 23.8 Å². The average Bonchev–Trinajstić information content (AvgIpc) is 2.66. The molecule has 3 nitrogen and oxygen atoms in total. The van der Waals surface area contributed by atoms with Crippen LogP contribution < -0.4 is 4.90 Å². The highest BCUT2D eigenvalue weighted by molar-refractivity contribution is 5.87. The predicted molar refractivity (Wildman–Crippen MR) is 73.8 cm³/mol. The summed E-state index contributed by atoms with van der Waals surface area (Å²) in [5.74, 6) is -0.912. The van der Waals surface area contributed by atoms with E-state index in [1.165, 1.54) is 18.9 Å². The van der Waals surface area contributed by atoms with Gasteiger partial charge in [-0.1, -0.05) is 18.2 Å². The van der Waals surface area contributed by atoms with Crippen LogP contribution in [0.15, 0.2) is 30.3 Å². The lowest BCUT2D eigenvalue weighted by atomic mass is 10.0. The first kappa shape index (κ1) is 12.7. The molecule has 0 bridgehead atoms. The summed E-state index contributed by atoms with van der Waals surface area (Å²) in [6.45, 7) is 5.50. The van der Waals surface area contributed by atoms with E-state index in [-0.39, 0.29) is 5.54 Å². The number of carboxylic acid groups (broad SMARTS) is 1. The van der Waals surface area contributed by atoms with Gasteiger partial charge in [0.25, 0.3) is 0 Å². The minimum absolute atomic E-state index is 0.146. The lowest BCUT2D eigenvalue weighted by Gasteiger charge is -2.34. The highest BCUT2D eigenvalue weighted by Crippen LogP contribution is 2.35. The number of benzene rings is 1. The third-order valence-electron chi connectivity index (χ3n) is 3.53. The average molecular weight is 245 g/mol. The number of rotatable bonds is 3. The summed E-state index contributed by atoms with van der Waals surface area (Å²) in [5, 5.41) is 8.73. The smallest absolute Gasteiger partial charge is 0.328 e. The topological polar surface area (TPSA) is 40.5 Å². The highest BCUT2D eigenvalue weighted by Gasteiger charge is 2.32. The molecule has 1 N–H and O–H groups in total. The summed E-state index contributed by atoms with van der Waals surface area (Å²) in [6, 6.07) is 7.97. The number of aliphatic carboxylic acids is 1. The van der Waals surface area contributed by atoms with Crippen molar-refractivity contribution < 1.29 is 9.90 Å². The van der Waals surface area contributed by atoms with Gasteiger partial charge >= 0.3 is 5.97 Å². The molecule has 18 heavy (non-hydrogen) atoms. The maximum atomic E-state index is 10.6. The first-order valence-electron chi connectivity index (χ1n) is 6.28. The van der Waals surface area contributed by atoms with E-state index < -0.39 is 5.97 Å². The lowest BCUT2D eigenvalue weighted by molar-refractivity contribution is -0.131. The van der Waals surface area contributed by atoms with Crippen LogP contribution in [0.1, 0.15) is 32.3 Å². The van der Waals surface area contributed by atoms with Gasteiger partial charge in [-0.15, -0.1) is 0 Å². The van der Waals surface area contributed by atoms with Gasteiger partial charge in [-0.05, 0) is 44.4 Å². The van der Waals surface area contributed by atoms with E-state index in [0.717, 1.165) is 17.8 Å². The number of hydrogen-bond donors (Lipinski definition) is 1. The lowest BCUT2D eigenvalue weighted by Crippen LogP contribution is -2.38. The molecule has 1 saturated heterocycles. The molecule has 3 heteroatoms. The molecule has 0 unspecified atom stereocenters. The summed E-state index contributed by atoms with van der Waals surface area (Å²) in [7, 11) is 0. The third kappa shape index (κ3) is 2.55. The largest absolute Gasteiger partial charge is 0.478 e. The minimum atomic E-state index is -0.912. The molecule has 1 fully saturated rings. The van der Waals surface area contributed by atoms with Crippen LogP contribution in [0.3, 0.4) is 0 Å². The predicted octanol–water partition coefficient (Wildman–Crippen LogP) is 3.16. The molecular weight excluding hydrogens is 226 g/mol. The van der Waals surface area contributed by atoms with Crippen molar-refractivity contribution in [3.8, 4) is 0 Å². The van der Waals surface area contributed by atoms with Crippen molar-refractivity contribution in [1.29, 1.82) is 0 Å². The zero-order valence-corrected chi connectivity index (χ0v) is 10.9. The van der Waals surface area contributed by atoms with Crippen molar-refractivity contribution in [3.05, 3.63) is 35.9 Å². The molecule has 1 aromatic rings. The molecule has 0 aromatic heterocycles. The Kier molecular flexibility index (Phi) is 3.41. The van der Waals surface area contributed by atoms with Gasteiger partial charge < -0.3 is 10.0 Å². The van der Waals surface area contributed by atoms with E-state index in [0.29, 0.717) is 0 Å². The molecular formula is C15H19NO2. The monoisotopic (exact) mass is 245 g/mol. The molecule has 1 aliphatic rings. The summed E-state index contributed by atoms with van der Waals surface area (Å²) in [5.41, 5.74) is 2.24. The second-order valence-electron chi connectivity index (χ2n) is 5.30. The second-order valence-corrected chi connectivity index (χ2v) is 5.30. The summed E-state index contributed by atoms with van der Waals surface area (Å²) in [6.07, 6.45) is 5.22. The molecule has 96 valence electrons. The summed E-state index contributed by atoms with van der Waals surface area (Å²) < 4.78 is 0. The van der Waals surface area contributed by atoms with Gasteiger partial charge in [0.2, 0.25) is 0 Å². The Labute approximate surface area is 108 Å². The van der Waals surface area contributed by atoms with Crippen LogP contribution in [0.25, 0.3) is 6.08 Å². The zero-order chi connectivity index (χ0) is 13.2. The molecule has 0 atom stereocenters. The molecule has 0 aliphatic carbocycles. The number of carbonyl (C=O) groups is 1. The fourth-order valence-corrected chi connectivity index (χ4v) is 2.59. The van der Waals surface area contributed by atoms with Gasteiger partial charge in [-0.25, -0.2) is 4.79 Å². The Hall–Kier alpha value is -1.77. The van der Waals surface area contributed by atoms with Gasteiger partial charge in [-0.3, -0.25) is 0 Å². The molecule has 1 aliphatic heterocycles. The van der Waals surface area contributed by atoms with Gasteiger partial charge in [0.05, 0.1) is 0 Å². The summed E-state index contributed by atoms with van der Waals surface area (Å²) >= 11 is 0. The van der Waals surface area contributed by atoms with E-state index >= 15 is 0 Å². The Balaban J connectivity index is 2.36. The molecule has 1 heterocycles. The molecule has 1 aromatic carbocycles. The quantitative estimate of drug-likeness (QED) is 0.831. The standard InChI is InChI=1S/C15H19NO2/c1-15(2)10-5-11-16(15)13-7-4-3-6-12(13)8-9-14(17)18/h3-4,6-9H,5,10-11H2,1-2H3,(H,17,18). The molecule has 0 amide bonds. The van der Waals surface area contributed by atoms with Crippen LogP contribution in [0.2, 0.25) is 0 Å². The normalized spacial score (nSPS) is 18.4. The maximum Gasteiger partial charge on any atom is 0.328 e. The number of para-hydroxylation sites is 1. The Morgan fingerprint density at radius 3 is 2.72 bits per heavy atom. The first-order valence-corrected chi connectivity index (χ1v) is 6.28. The fourth-order valence-electron chi connectivity index (χ4n) is 2.59. The first-order chi connectivity index (χ1) is 8.50. The van der Waals surface area contributed by atoms with Crippen molar-refractivity contribution in [3.63, 3.8) is 0 Å². The molecule has 0 spiro atoms. The number of nitrogens with zero attached hydrogens (tertiary/aromatic N) is 1. The Morgan fingerprint density at radius 2 is 2.11 bits per heavy atom. The second kappa shape index (κ2) is 4.84.